The molecule has 21 heavy (non-hydrogen) atoms. The highest BCUT2D eigenvalue weighted by atomic mass is 35.5. The Morgan fingerprint density at radius 2 is 1.76 bits per heavy atom. The maximum atomic E-state index is 6.24. The molecule has 0 aliphatic rings. The molecule has 0 heterocycles. The normalized spacial score (nSPS) is 12.2. The van der Waals surface area contributed by atoms with Crippen molar-refractivity contribution in [2.24, 2.45) is 0 Å². The topological polar surface area (TPSA) is 21.3 Å². The van der Waals surface area contributed by atoms with E-state index in [9.17, 15) is 0 Å². The molecule has 0 aromatic heterocycles. The highest BCUT2D eigenvalue weighted by Crippen LogP contribution is 2.23. The van der Waals surface area contributed by atoms with Crippen molar-refractivity contribution in [3.05, 3.63) is 63.6 Å². The van der Waals surface area contributed by atoms with Gasteiger partial charge in [-0.2, -0.15) is 0 Å². The van der Waals surface area contributed by atoms with Crippen LogP contribution in [0.4, 0.5) is 0 Å². The third kappa shape index (κ3) is 4.63. The maximum Gasteiger partial charge on any atom is 0.118 e. The van der Waals surface area contributed by atoms with E-state index in [1.165, 1.54) is 5.56 Å². The van der Waals surface area contributed by atoms with E-state index in [1.807, 2.05) is 31.3 Å². The summed E-state index contributed by atoms with van der Waals surface area (Å²) < 4.78 is 5.18. The van der Waals surface area contributed by atoms with Crippen molar-refractivity contribution in [2.45, 2.75) is 18.9 Å². The first-order valence-electron chi connectivity index (χ1n) is 6.86. The third-order valence-electron chi connectivity index (χ3n) is 3.53. The lowest BCUT2D eigenvalue weighted by Crippen LogP contribution is -2.30. The van der Waals surface area contributed by atoms with Gasteiger partial charge in [-0.3, -0.25) is 0 Å². The summed E-state index contributed by atoms with van der Waals surface area (Å²) in [5.41, 5.74) is 2.37. The third-order valence-corrected chi connectivity index (χ3v) is 4.12. The Balaban J connectivity index is 2.05. The molecule has 0 radical (unpaired) electrons. The van der Waals surface area contributed by atoms with Crippen LogP contribution >= 0.6 is 23.2 Å². The molecule has 2 aromatic rings. The number of rotatable bonds is 6. The number of methoxy groups -OCH3 is 1. The van der Waals surface area contributed by atoms with Crippen LogP contribution in [-0.2, 0) is 12.8 Å². The van der Waals surface area contributed by atoms with Crippen molar-refractivity contribution in [3.8, 4) is 5.75 Å². The number of hydrogen-bond donors (Lipinski definition) is 1. The molecule has 0 amide bonds. The van der Waals surface area contributed by atoms with Crippen LogP contribution in [-0.4, -0.2) is 20.2 Å². The standard InChI is InChI=1S/C17H19Cl2NO/c1-20-15(9-12-3-7-16(21-2)8-4-12)10-13-5-6-14(18)11-17(13)19/h3-8,11,15,20H,9-10H2,1-2H3. The first-order valence-corrected chi connectivity index (χ1v) is 7.62. The molecule has 0 fully saturated rings. The van der Waals surface area contributed by atoms with Crippen molar-refractivity contribution >= 4 is 23.2 Å². The molecule has 2 aromatic carbocycles. The molecule has 2 nitrogen and oxygen atoms in total. The number of benzene rings is 2. The smallest absolute Gasteiger partial charge is 0.118 e. The Kier molecular flexibility index (Phi) is 5.92. The van der Waals surface area contributed by atoms with E-state index >= 15 is 0 Å². The van der Waals surface area contributed by atoms with Crippen molar-refractivity contribution in [2.75, 3.05) is 14.2 Å². The summed E-state index contributed by atoms with van der Waals surface area (Å²) in [4.78, 5) is 0. The van der Waals surface area contributed by atoms with E-state index in [4.69, 9.17) is 27.9 Å². The van der Waals surface area contributed by atoms with Crippen LogP contribution in [0.5, 0.6) is 5.75 Å². The SMILES string of the molecule is CNC(Cc1ccc(OC)cc1)Cc1ccc(Cl)cc1Cl. The molecule has 0 saturated carbocycles. The van der Waals surface area contributed by atoms with Gasteiger partial charge in [0.05, 0.1) is 7.11 Å². The minimum absolute atomic E-state index is 0.317. The number of hydrogen-bond acceptors (Lipinski definition) is 2. The second-order valence-electron chi connectivity index (χ2n) is 4.98. The maximum absolute atomic E-state index is 6.24. The van der Waals surface area contributed by atoms with Gasteiger partial charge in [-0.1, -0.05) is 41.4 Å². The van der Waals surface area contributed by atoms with Gasteiger partial charge in [0.1, 0.15) is 5.75 Å². The quantitative estimate of drug-likeness (QED) is 0.852. The second kappa shape index (κ2) is 7.69. The lowest BCUT2D eigenvalue weighted by atomic mass is 9.99. The fourth-order valence-corrected chi connectivity index (χ4v) is 2.76. The molecule has 1 unspecified atom stereocenters. The molecule has 4 heteroatoms. The first-order chi connectivity index (χ1) is 10.1. The number of nitrogens with one attached hydrogen (secondary N) is 1. The number of halogens is 2. The van der Waals surface area contributed by atoms with Crippen LogP contribution in [0.2, 0.25) is 10.0 Å². The highest BCUT2D eigenvalue weighted by Gasteiger charge is 2.11. The Labute approximate surface area is 136 Å². The van der Waals surface area contributed by atoms with E-state index in [1.54, 1.807) is 13.2 Å². The van der Waals surface area contributed by atoms with Gasteiger partial charge in [-0.25, -0.2) is 0 Å². The molecule has 1 N–H and O–H groups in total. The molecule has 0 bridgehead atoms. The van der Waals surface area contributed by atoms with Gasteiger partial charge in [0.15, 0.2) is 0 Å². The molecular weight excluding hydrogens is 305 g/mol. The Bertz CT molecular complexity index is 584. The summed E-state index contributed by atoms with van der Waals surface area (Å²) in [6, 6.07) is 14.1. The summed E-state index contributed by atoms with van der Waals surface area (Å²) in [6.45, 7) is 0. The van der Waals surface area contributed by atoms with E-state index < -0.39 is 0 Å². The van der Waals surface area contributed by atoms with E-state index in [0.29, 0.717) is 11.1 Å². The van der Waals surface area contributed by atoms with Crippen LogP contribution in [0.15, 0.2) is 42.5 Å². The average Bonchev–Trinajstić information content (AvgIpc) is 2.49. The molecular formula is C17H19Cl2NO. The second-order valence-corrected chi connectivity index (χ2v) is 5.82. The predicted molar refractivity (Wildman–Crippen MR) is 89.7 cm³/mol. The predicted octanol–water partition coefficient (Wildman–Crippen LogP) is 4.38. The number of ether oxygens (including phenoxy) is 1. The lowest BCUT2D eigenvalue weighted by Gasteiger charge is -2.17. The van der Waals surface area contributed by atoms with Crippen LogP contribution in [0.3, 0.4) is 0 Å². The first kappa shape index (κ1) is 16.2. The van der Waals surface area contributed by atoms with Gasteiger partial charge in [-0.15, -0.1) is 0 Å². The minimum atomic E-state index is 0.317. The Morgan fingerprint density at radius 3 is 2.33 bits per heavy atom. The van der Waals surface area contributed by atoms with Gasteiger partial charge in [-0.05, 0) is 55.3 Å². The molecule has 2 rings (SSSR count). The van der Waals surface area contributed by atoms with Gasteiger partial charge >= 0.3 is 0 Å². The number of likely N-dealkylation sites (N-methyl/N-ethyl adjacent to an activating group) is 1. The summed E-state index contributed by atoms with van der Waals surface area (Å²) in [6.07, 6.45) is 1.79. The minimum Gasteiger partial charge on any atom is -0.497 e. The van der Waals surface area contributed by atoms with Gasteiger partial charge in [0.2, 0.25) is 0 Å². The molecule has 0 spiro atoms. The van der Waals surface area contributed by atoms with Crippen molar-refractivity contribution in [3.63, 3.8) is 0 Å². The zero-order valence-corrected chi connectivity index (χ0v) is 13.7. The van der Waals surface area contributed by atoms with E-state index in [-0.39, 0.29) is 0 Å². The summed E-state index contributed by atoms with van der Waals surface area (Å²) >= 11 is 12.2. The van der Waals surface area contributed by atoms with Crippen LogP contribution in [0, 0.1) is 0 Å². The molecule has 0 aliphatic carbocycles. The highest BCUT2D eigenvalue weighted by molar-refractivity contribution is 6.35. The van der Waals surface area contributed by atoms with Crippen molar-refractivity contribution in [1.29, 1.82) is 0 Å². The van der Waals surface area contributed by atoms with Crippen molar-refractivity contribution < 1.29 is 4.74 Å². The summed E-state index contributed by atoms with van der Waals surface area (Å²) in [7, 11) is 3.64. The Morgan fingerprint density at radius 1 is 1.05 bits per heavy atom. The molecule has 112 valence electrons. The van der Waals surface area contributed by atoms with Crippen molar-refractivity contribution in [1.82, 2.24) is 5.32 Å². The van der Waals surface area contributed by atoms with Gasteiger partial charge in [0, 0.05) is 16.1 Å². The Hall–Kier alpha value is -1.22. The van der Waals surface area contributed by atoms with E-state index in [0.717, 1.165) is 29.2 Å². The fourth-order valence-electron chi connectivity index (χ4n) is 2.28. The van der Waals surface area contributed by atoms with Crippen LogP contribution in [0.25, 0.3) is 0 Å². The fraction of sp³-hybridized carbons (Fsp3) is 0.294. The van der Waals surface area contributed by atoms with E-state index in [2.05, 4.69) is 17.4 Å². The van der Waals surface area contributed by atoms with Crippen LogP contribution in [0.1, 0.15) is 11.1 Å². The van der Waals surface area contributed by atoms with Gasteiger partial charge < -0.3 is 10.1 Å². The average molecular weight is 324 g/mol. The zero-order valence-electron chi connectivity index (χ0n) is 12.2. The van der Waals surface area contributed by atoms with Crippen LogP contribution < -0.4 is 10.1 Å². The zero-order chi connectivity index (χ0) is 15.2. The summed E-state index contributed by atoms with van der Waals surface area (Å²) in [5, 5.41) is 4.73. The molecule has 0 aliphatic heterocycles. The molecule has 0 saturated heterocycles. The molecule has 1 atom stereocenters. The monoisotopic (exact) mass is 323 g/mol. The lowest BCUT2D eigenvalue weighted by molar-refractivity contribution is 0.414. The largest absolute Gasteiger partial charge is 0.497 e. The summed E-state index contributed by atoms with van der Waals surface area (Å²) in [5.74, 6) is 0.875. The van der Waals surface area contributed by atoms with Gasteiger partial charge in [0.25, 0.3) is 0 Å².